The normalized spacial score (nSPS) is 13.1. The molecule has 1 unspecified atom stereocenters. The molecular weight excluding hydrogens is 194 g/mol. The van der Waals surface area contributed by atoms with E-state index < -0.39 is 0 Å². The Hall–Kier alpha value is -0.980. The molecule has 0 aromatic heterocycles. The highest BCUT2D eigenvalue weighted by Crippen LogP contribution is 2.20. The average molecular weight is 219 g/mol. The Morgan fingerprint density at radius 1 is 1.12 bits per heavy atom. The van der Waals surface area contributed by atoms with E-state index >= 15 is 0 Å². The molecule has 16 heavy (non-hydrogen) atoms. The molecule has 1 rings (SSSR count). The maximum atomic E-state index is 6.10. The summed E-state index contributed by atoms with van der Waals surface area (Å²) in [6, 6.07) is 6.59. The SMILES string of the molecule is CCC(C)Cc1ccc(CC(C)C)cc1N. The van der Waals surface area contributed by atoms with E-state index in [0.29, 0.717) is 5.92 Å². The molecule has 0 aliphatic rings. The van der Waals surface area contributed by atoms with Gasteiger partial charge in [0.05, 0.1) is 0 Å². The van der Waals surface area contributed by atoms with Crippen molar-refractivity contribution in [2.24, 2.45) is 11.8 Å². The van der Waals surface area contributed by atoms with Crippen LogP contribution in [-0.4, -0.2) is 0 Å². The Morgan fingerprint density at radius 3 is 2.31 bits per heavy atom. The van der Waals surface area contributed by atoms with Gasteiger partial charge in [0.25, 0.3) is 0 Å². The van der Waals surface area contributed by atoms with Crippen molar-refractivity contribution in [3.63, 3.8) is 0 Å². The van der Waals surface area contributed by atoms with Gasteiger partial charge < -0.3 is 5.73 Å². The van der Waals surface area contributed by atoms with Crippen molar-refractivity contribution in [3.8, 4) is 0 Å². The largest absolute Gasteiger partial charge is 0.398 e. The molecule has 0 bridgehead atoms. The first kappa shape index (κ1) is 13.1. The van der Waals surface area contributed by atoms with Crippen LogP contribution in [0.2, 0.25) is 0 Å². The second kappa shape index (κ2) is 5.93. The summed E-state index contributed by atoms with van der Waals surface area (Å²) in [5.74, 6) is 1.41. The van der Waals surface area contributed by atoms with E-state index in [1.807, 2.05) is 0 Å². The molecule has 0 amide bonds. The van der Waals surface area contributed by atoms with E-state index in [1.54, 1.807) is 0 Å². The standard InChI is InChI=1S/C15H25N/c1-5-12(4)9-14-7-6-13(8-11(2)3)10-15(14)16/h6-7,10-12H,5,8-9,16H2,1-4H3. The third-order valence-electron chi connectivity index (χ3n) is 3.12. The number of benzene rings is 1. The van der Waals surface area contributed by atoms with Crippen LogP contribution in [0.3, 0.4) is 0 Å². The van der Waals surface area contributed by atoms with Crippen LogP contribution in [0, 0.1) is 11.8 Å². The summed E-state index contributed by atoms with van der Waals surface area (Å²) in [5, 5.41) is 0. The quantitative estimate of drug-likeness (QED) is 0.743. The monoisotopic (exact) mass is 219 g/mol. The van der Waals surface area contributed by atoms with Crippen molar-refractivity contribution in [2.45, 2.75) is 47.0 Å². The molecule has 90 valence electrons. The third kappa shape index (κ3) is 3.88. The smallest absolute Gasteiger partial charge is 0.0349 e. The summed E-state index contributed by atoms with van der Waals surface area (Å²) < 4.78 is 0. The van der Waals surface area contributed by atoms with Gasteiger partial charge >= 0.3 is 0 Å². The topological polar surface area (TPSA) is 26.0 Å². The average Bonchev–Trinajstić information content (AvgIpc) is 2.21. The van der Waals surface area contributed by atoms with Crippen molar-refractivity contribution in [1.82, 2.24) is 0 Å². The first-order valence-electron chi connectivity index (χ1n) is 6.40. The van der Waals surface area contributed by atoms with Crippen LogP contribution in [-0.2, 0) is 12.8 Å². The molecule has 1 aromatic carbocycles. The number of nitrogens with two attached hydrogens (primary N) is 1. The van der Waals surface area contributed by atoms with Crippen molar-refractivity contribution in [3.05, 3.63) is 29.3 Å². The van der Waals surface area contributed by atoms with Gasteiger partial charge in [0, 0.05) is 5.69 Å². The molecule has 0 radical (unpaired) electrons. The van der Waals surface area contributed by atoms with Crippen LogP contribution in [0.25, 0.3) is 0 Å². The van der Waals surface area contributed by atoms with Crippen LogP contribution < -0.4 is 5.73 Å². The minimum absolute atomic E-state index is 0.694. The van der Waals surface area contributed by atoms with Crippen LogP contribution in [0.15, 0.2) is 18.2 Å². The molecule has 1 atom stereocenters. The van der Waals surface area contributed by atoms with Crippen molar-refractivity contribution >= 4 is 5.69 Å². The maximum Gasteiger partial charge on any atom is 0.0349 e. The van der Waals surface area contributed by atoms with Gasteiger partial charge in [-0.3, -0.25) is 0 Å². The highest BCUT2D eigenvalue weighted by atomic mass is 14.6. The minimum Gasteiger partial charge on any atom is -0.398 e. The molecule has 0 heterocycles. The highest BCUT2D eigenvalue weighted by Gasteiger charge is 2.06. The van der Waals surface area contributed by atoms with Gasteiger partial charge in [-0.1, -0.05) is 46.2 Å². The van der Waals surface area contributed by atoms with Crippen molar-refractivity contribution in [1.29, 1.82) is 0 Å². The molecule has 2 N–H and O–H groups in total. The van der Waals surface area contributed by atoms with Gasteiger partial charge in [-0.25, -0.2) is 0 Å². The lowest BCUT2D eigenvalue weighted by atomic mass is 9.95. The zero-order valence-electron chi connectivity index (χ0n) is 11.1. The van der Waals surface area contributed by atoms with E-state index in [2.05, 4.69) is 45.9 Å². The van der Waals surface area contributed by atoms with E-state index in [-0.39, 0.29) is 0 Å². The van der Waals surface area contributed by atoms with Crippen molar-refractivity contribution < 1.29 is 0 Å². The van der Waals surface area contributed by atoms with Crippen LogP contribution in [0.1, 0.15) is 45.2 Å². The Labute approximate surface area is 100 Å². The van der Waals surface area contributed by atoms with Crippen LogP contribution in [0.4, 0.5) is 5.69 Å². The van der Waals surface area contributed by atoms with Gasteiger partial charge in [-0.05, 0) is 41.9 Å². The summed E-state index contributed by atoms with van der Waals surface area (Å²) in [6.45, 7) is 8.99. The number of anilines is 1. The summed E-state index contributed by atoms with van der Waals surface area (Å²) in [7, 11) is 0. The molecule has 0 aliphatic heterocycles. The molecule has 0 aliphatic carbocycles. The van der Waals surface area contributed by atoms with Gasteiger partial charge in [0.2, 0.25) is 0 Å². The molecule has 0 spiro atoms. The molecule has 1 nitrogen and oxygen atoms in total. The molecular formula is C15H25N. The lowest BCUT2D eigenvalue weighted by Gasteiger charge is -2.13. The van der Waals surface area contributed by atoms with Gasteiger partial charge in [0.15, 0.2) is 0 Å². The van der Waals surface area contributed by atoms with Gasteiger partial charge in [-0.2, -0.15) is 0 Å². The second-order valence-corrected chi connectivity index (χ2v) is 5.35. The predicted molar refractivity (Wildman–Crippen MR) is 72.6 cm³/mol. The number of hydrogen-bond donors (Lipinski definition) is 1. The van der Waals surface area contributed by atoms with Gasteiger partial charge in [0.1, 0.15) is 0 Å². The number of hydrogen-bond acceptors (Lipinski definition) is 1. The third-order valence-corrected chi connectivity index (χ3v) is 3.12. The Morgan fingerprint density at radius 2 is 1.81 bits per heavy atom. The Balaban J connectivity index is 2.75. The minimum atomic E-state index is 0.694. The zero-order chi connectivity index (χ0) is 12.1. The zero-order valence-corrected chi connectivity index (χ0v) is 11.1. The molecule has 1 heteroatoms. The summed E-state index contributed by atoms with van der Waals surface area (Å²) in [6.07, 6.45) is 3.44. The molecule has 0 saturated carbocycles. The van der Waals surface area contributed by atoms with E-state index in [9.17, 15) is 0 Å². The van der Waals surface area contributed by atoms with Gasteiger partial charge in [-0.15, -0.1) is 0 Å². The fraction of sp³-hybridized carbons (Fsp3) is 0.600. The summed E-state index contributed by atoms with van der Waals surface area (Å²) in [5.41, 5.74) is 9.74. The van der Waals surface area contributed by atoms with Crippen LogP contribution >= 0.6 is 0 Å². The lowest BCUT2D eigenvalue weighted by molar-refractivity contribution is 0.561. The van der Waals surface area contributed by atoms with Crippen LogP contribution in [0.5, 0.6) is 0 Å². The van der Waals surface area contributed by atoms with E-state index in [1.165, 1.54) is 17.5 Å². The van der Waals surface area contributed by atoms with E-state index in [0.717, 1.165) is 24.4 Å². The van der Waals surface area contributed by atoms with E-state index in [4.69, 9.17) is 5.73 Å². The molecule has 0 saturated heterocycles. The molecule has 0 fully saturated rings. The van der Waals surface area contributed by atoms with Crippen molar-refractivity contribution in [2.75, 3.05) is 5.73 Å². The number of rotatable bonds is 5. The summed E-state index contributed by atoms with van der Waals surface area (Å²) >= 11 is 0. The highest BCUT2D eigenvalue weighted by molar-refractivity contribution is 5.49. The molecule has 1 aromatic rings. The fourth-order valence-electron chi connectivity index (χ4n) is 1.95. The second-order valence-electron chi connectivity index (χ2n) is 5.35. The number of nitrogen functional groups attached to an aromatic ring is 1. The predicted octanol–water partition coefficient (Wildman–Crippen LogP) is 4.06. The Bertz CT molecular complexity index is 328. The lowest BCUT2D eigenvalue weighted by Crippen LogP contribution is -2.03. The maximum absolute atomic E-state index is 6.10. The fourth-order valence-corrected chi connectivity index (χ4v) is 1.95. The summed E-state index contributed by atoms with van der Waals surface area (Å²) in [4.78, 5) is 0. The first-order valence-corrected chi connectivity index (χ1v) is 6.40. The first-order chi connectivity index (χ1) is 7.52. The Kier molecular flexibility index (Phi) is 4.85.